The predicted octanol–water partition coefficient (Wildman–Crippen LogP) is 2.16. The van der Waals surface area contributed by atoms with Crippen molar-refractivity contribution in [3.05, 3.63) is 0 Å². The summed E-state index contributed by atoms with van der Waals surface area (Å²) in [4.78, 5) is 26.1. The molecule has 5 nitrogen and oxygen atoms in total. The van der Waals surface area contributed by atoms with Crippen LogP contribution in [-0.4, -0.2) is 42.1 Å². The first-order valence-electron chi connectivity index (χ1n) is 7.51. The monoisotopic (exact) mass is 282 g/mol. The first-order valence-corrected chi connectivity index (χ1v) is 7.51. The van der Waals surface area contributed by atoms with E-state index in [0.717, 1.165) is 25.8 Å². The molecule has 2 fully saturated rings. The molecule has 0 aliphatic carbocycles. The molecule has 0 aromatic carbocycles. The number of likely N-dealkylation sites (tertiary alicyclic amines) is 1. The molecule has 2 heterocycles. The highest BCUT2D eigenvalue weighted by molar-refractivity contribution is 5.84. The maximum Gasteiger partial charge on any atom is 0.410 e. The third kappa shape index (κ3) is 2.91. The van der Waals surface area contributed by atoms with Crippen molar-refractivity contribution >= 4 is 12.0 Å². The lowest BCUT2D eigenvalue weighted by Crippen LogP contribution is -2.57. The van der Waals surface area contributed by atoms with Gasteiger partial charge in [0.2, 0.25) is 5.91 Å². The summed E-state index contributed by atoms with van der Waals surface area (Å²) in [7, 11) is 0. The maximum absolute atomic E-state index is 12.2. The van der Waals surface area contributed by atoms with Crippen LogP contribution in [-0.2, 0) is 9.53 Å². The lowest BCUT2D eigenvalue weighted by molar-refractivity contribution is -0.141. The molecule has 2 aliphatic rings. The highest BCUT2D eigenvalue weighted by Gasteiger charge is 2.48. The molecule has 2 amide bonds. The van der Waals surface area contributed by atoms with Gasteiger partial charge in [0, 0.05) is 19.6 Å². The molecule has 2 saturated heterocycles. The van der Waals surface area contributed by atoms with E-state index in [1.807, 2.05) is 20.8 Å². The van der Waals surface area contributed by atoms with Gasteiger partial charge in [-0.1, -0.05) is 6.92 Å². The van der Waals surface area contributed by atoms with E-state index in [1.165, 1.54) is 0 Å². The van der Waals surface area contributed by atoms with Gasteiger partial charge >= 0.3 is 6.09 Å². The average Bonchev–Trinajstić information content (AvgIpc) is 2.33. The normalized spacial score (nSPS) is 31.1. The van der Waals surface area contributed by atoms with E-state index in [0.29, 0.717) is 13.1 Å². The molecule has 2 rings (SSSR count). The Balaban J connectivity index is 2.02. The molecular weight excluding hydrogens is 256 g/mol. The van der Waals surface area contributed by atoms with E-state index in [2.05, 4.69) is 12.2 Å². The summed E-state index contributed by atoms with van der Waals surface area (Å²) in [5, 5.41) is 2.98. The van der Waals surface area contributed by atoms with Crippen LogP contribution >= 0.6 is 0 Å². The van der Waals surface area contributed by atoms with Crippen LogP contribution in [0.3, 0.4) is 0 Å². The van der Waals surface area contributed by atoms with Gasteiger partial charge < -0.3 is 15.0 Å². The number of piperidine rings is 2. The van der Waals surface area contributed by atoms with E-state index < -0.39 is 5.60 Å². The summed E-state index contributed by atoms with van der Waals surface area (Å²) >= 11 is 0. The first-order chi connectivity index (χ1) is 9.24. The van der Waals surface area contributed by atoms with Crippen LogP contribution in [0.4, 0.5) is 4.79 Å². The fourth-order valence-corrected chi connectivity index (χ4v) is 3.27. The first kappa shape index (κ1) is 15.1. The van der Waals surface area contributed by atoms with E-state index in [-0.39, 0.29) is 23.3 Å². The topological polar surface area (TPSA) is 58.6 Å². The Morgan fingerprint density at radius 3 is 2.65 bits per heavy atom. The van der Waals surface area contributed by atoms with Gasteiger partial charge in [0.05, 0.1) is 5.41 Å². The van der Waals surface area contributed by atoms with Gasteiger partial charge in [0.15, 0.2) is 0 Å². The molecule has 0 aromatic rings. The summed E-state index contributed by atoms with van der Waals surface area (Å²) in [6.07, 6.45) is 2.43. The minimum atomic E-state index is -0.475. The molecule has 0 bridgehead atoms. The van der Waals surface area contributed by atoms with Gasteiger partial charge in [-0.3, -0.25) is 4.79 Å². The summed E-state index contributed by atoms with van der Waals surface area (Å²) in [6.45, 7) is 9.66. The van der Waals surface area contributed by atoms with Crippen LogP contribution in [0.15, 0.2) is 0 Å². The Morgan fingerprint density at radius 1 is 1.40 bits per heavy atom. The molecule has 0 aromatic heterocycles. The molecule has 114 valence electrons. The highest BCUT2D eigenvalue weighted by Crippen LogP contribution is 2.42. The van der Waals surface area contributed by atoms with Gasteiger partial charge in [-0.2, -0.15) is 0 Å². The third-order valence-corrected chi connectivity index (χ3v) is 4.45. The fraction of sp³-hybridized carbons (Fsp3) is 0.867. The van der Waals surface area contributed by atoms with E-state index in [1.54, 1.807) is 4.90 Å². The quantitative estimate of drug-likeness (QED) is 0.740. The Kier molecular flexibility index (Phi) is 3.98. The van der Waals surface area contributed by atoms with Gasteiger partial charge in [-0.15, -0.1) is 0 Å². The number of nitrogens with one attached hydrogen (secondary N) is 1. The zero-order valence-corrected chi connectivity index (χ0v) is 13.0. The average molecular weight is 282 g/mol. The Morgan fingerprint density at radius 2 is 2.10 bits per heavy atom. The smallest absolute Gasteiger partial charge is 0.410 e. The molecule has 5 heteroatoms. The molecule has 2 aliphatic heterocycles. The largest absolute Gasteiger partial charge is 0.444 e. The highest BCUT2D eigenvalue weighted by atomic mass is 16.6. The van der Waals surface area contributed by atoms with Crippen LogP contribution < -0.4 is 5.32 Å². The van der Waals surface area contributed by atoms with Crippen LogP contribution in [0.5, 0.6) is 0 Å². The van der Waals surface area contributed by atoms with Crippen molar-refractivity contribution in [2.45, 2.75) is 52.6 Å². The summed E-state index contributed by atoms with van der Waals surface area (Å²) < 4.78 is 5.41. The number of rotatable bonds is 0. The number of hydrogen-bond donors (Lipinski definition) is 1. The van der Waals surface area contributed by atoms with Crippen LogP contribution in [0.1, 0.15) is 47.0 Å². The van der Waals surface area contributed by atoms with Crippen molar-refractivity contribution in [2.24, 2.45) is 11.3 Å². The number of carbonyl (C=O) groups is 2. The lowest BCUT2D eigenvalue weighted by Gasteiger charge is -2.47. The number of nitrogens with zero attached hydrogens (tertiary/aromatic N) is 1. The van der Waals surface area contributed by atoms with Crippen molar-refractivity contribution in [1.29, 1.82) is 0 Å². The van der Waals surface area contributed by atoms with Gasteiger partial charge in [-0.25, -0.2) is 4.79 Å². The molecule has 0 saturated carbocycles. The summed E-state index contributed by atoms with van der Waals surface area (Å²) in [5.74, 6) is 0.337. The minimum Gasteiger partial charge on any atom is -0.444 e. The number of hydrogen-bond acceptors (Lipinski definition) is 3. The number of ether oxygens (including phenoxy) is 1. The van der Waals surface area contributed by atoms with Crippen molar-refractivity contribution < 1.29 is 14.3 Å². The van der Waals surface area contributed by atoms with E-state index >= 15 is 0 Å². The molecule has 0 radical (unpaired) electrons. The second-order valence-electron chi connectivity index (χ2n) is 7.09. The van der Waals surface area contributed by atoms with Crippen molar-refractivity contribution in [3.8, 4) is 0 Å². The summed E-state index contributed by atoms with van der Waals surface area (Å²) in [5.41, 5.74) is -0.756. The maximum atomic E-state index is 12.2. The predicted molar refractivity (Wildman–Crippen MR) is 76.3 cm³/mol. The lowest BCUT2D eigenvalue weighted by atomic mass is 9.66. The second kappa shape index (κ2) is 5.26. The Hall–Kier alpha value is -1.26. The van der Waals surface area contributed by atoms with Crippen LogP contribution in [0, 0.1) is 11.3 Å². The second-order valence-corrected chi connectivity index (χ2v) is 7.09. The van der Waals surface area contributed by atoms with Gasteiger partial charge in [-0.05, 0) is 46.0 Å². The molecule has 1 N–H and O–H groups in total. The molecule has 1 spiro atoms. The molecule has 2 unspecified atom stereocenters. The van der Waals surface area contributed by atoms with Crippen LogP contribution in [0.2, 0.25) is 0 Å². The van der Waals surface area contributed by atoms with Crippen LogP contribution in [0.25, 0.3) is 0 Å². The number of carbonyl (C=O) groups excluding carboxylic acids is 2. The van der Waals surface area contributed by atoms with E-state index in [9.17, 15) is 9.59 Å². The Bertz CT molecular complexity index is 402. The van der Waals surface area contributed by atoms with Crippen molar-refractivity contribution in [2.75, 3.05) is 19.6 Å². The molecule has 2 atom stereocenters. The molecular formula is C15H26N2O3. The zero-order chi connectivity index (χ0) is 15.0. The van der Waals surface area contributed by atoms with Crippen molar-refractivity contribution in [3.63, 3.8) is 0 Å². The minimum absolute atomic E-state index is 0.167. The number of amides is 2. The SMILES string of the molecule is CC1CN(C(=O)OC(C)(C)C)CCC12CCCNC2=O. The van der Waals surface area contributed by atoms with E-state index in [4.69, 9.17) is 4.74 Å². The zero-order valence-electron chi connectivity index (χ0n) is 13.0. The van der Waals surface area contributed by atoms with Gasteiger partial charge in [0.1, 0.15) is 5.60 Å². The third-order valence-electron chi connectivity index (χ3n) is 4.45. The molecule has 20 heavy (non-hydrogen) atoms. The Labute approximate surface area is 121 Å². The fourth-order valence-electron chi connectivity index (χ4n) is 3.27. The van der Waals surface area contributed by atoms with Gasteiger partial charge in [0.25, 0.3) is 0 Å². The standard InChI is InChI=1S/C15H26N2O3/c1-11-10-17(13(19)20-14(2,3)4)9-7-15(11)6-5-8-16-12(15)18/h11H,5-10H2,1-4H3,(H,16,18). The van der Waals surface area contributed by atoms with Crippen molar-refractivity contribution in [1.82, 2.24) is 10.2 Å². The summed E-state index contributed by atoms with van der Waals surface area (Å²) in [6, 6.07) is 0.